The first-order chi connectivity index (χ1) is 15.5. The Labute approximate surface area is 196 Å². The van der Waals surface area contributed by atoms with Crippen LogP contribution in [-0.4, -0.2) is 32.7 Å². The van der Waals surface area contributed by atoms with E-state index in [2.05, 4.69) is 89.2 Å². The van der Waals surface area contributed by atoms with Crippen molar-refractivity contribution in [1.82, 2.24) is 19.8 Å². The summed E-state index contributed by atoms with van der Waals surface area (Å²) in [6.45, 7) is 10.7. The molecular formula is C26H33N5S. The number of rotatable bonds is 8. The largest absolute Gasteiger partial charge is 0.385 e. The molecule has 2 atom stereocenters. The molecule has 0 amide bonds. The molecule has 5 nitrogen and oxygen atoms in total. The molecule has 1 saturated heterocycles. The number of pyridine rings is 1. The molecule has 1 aromatic carbocycles. The SMILES string of the molecule is Cc1cc([C@@H]2[C@@H](c3ccccn3)NC(=S)N2CCCNc2ccccc2)c(C)n1C(C)C. The van der Waals surface area contributed by atoms with Gasteiger partial charge in [0, 0.05) is 42.4 Å². The van der Waals surface area contributed by atoms with E-state index in [-0.39, 0.29) is 12.1 Å². The zero-order valence-corrected chi connectivity index (χ0v) is 20.2. The van der Waals surface area contributed by atoms with Crippen molar-refractivity contribution in [2.45, 2.75) is 52.2 Å². The number of thiocarbonyl (C=S) groups is 1. The quantitative estimate of drug-likeness (QED) is 0.350. The second kappa shape index (κ2) is 9.74. The van der Waals surface area contributed by atoms with Crippen molar-refractivity contribution in [1.29, 1.82) is 0 Å². The van der Waals surface area contributed by atoms with Crippen molar-refractivity contribution in [3.63, 3.8) is 0 Å². The molecule has 1 aliphatic rings. The smallest absolute Gasteiger partial charge is 0.170 e. The first-order valence-corrected chi connectivity index (χ1v) is 11.8. The van der Waals surface area contributed by atoms with Gasteiger partial charge in [0.25, 0.3) is 0 Å². The lowest BCUT2D eigenvalue weighted by Crippen LogP contribution is -2.31. The number of benzene rings is 1. The summed E-state index contributed by atoms with van der Waals surface area (Å²) in [5.74, 6) is 0. The summed E-state index contributed by atoms with van der Waals surface area (Å²) >= 11 is 5.83. The van der Waals surface area contributed by atoms with Gasteiger partial charge in [0.2, 0.25) is 0 Å². The monoisotopic (exact) mass is 447 g/mol. The van der Waals surface area contributed by atoms with E-state index in [9.17, 15) is 0 Å². The Kier molecular flexibility index (Phi) is 6.80. The molecule has 3 aromatic rings. The summed E-state index contributed by atoms with van der Waals surface area (Å²) in [4.78, 5) is 7.02. The highest BCUT2D eigenvalue weighted by atomic mass is 32.1. The van der Waals surface area contributed by atoms with E-state index in [1.807, 2.05) is 24.4 Å². The van der Waals surface area contributed by atoms with Crippen LogP contribution >= 0.6 is 12.2 Å². The van der Waals surface area contributed by atoms with E-state index >= 15 is 0 Å². The maximum Gasteiger partial charge on any atom is 0.170 e. The number of aryl methyl sites for hydroxylation is 1. The van der Waals surface area contributed by atoms with E-state index in [0.717, 1.165) is 36.0 Å². The van der Waals surface area contributed by atoms with Crippen LogP contribution in [0.1, 0.15) is 61.0 Å². The van der Waals surface area contributed by atoms with Gasteiger partial charge < -0.3 is 20.1 Å². The molecule has 1 aliphatic heterocycles. The molecule has 6 heteroatoms. The van der Waals surface area contributed by atoms with Gasteiger partial charge in [0.15, 0.2) is 5.11 Å². The first-order valence-electron chi connectivity index (χ1n) is 11.4. The molecule has 2 N–H and O–H groups in total. The van der Waals surface area contributed by atoms with E-state index < -0.39 is 0 Å². The molecule has 32 heavy (non-hydrogen) atoms. The predicted molar refractivity (Wildman–Crippen MR) is 136 cm³/mol. The lowest BCUT2D eigenvalue weighted by Gasteiger charge is -2.28. The van der Waals surface area contributed by atoms with Crippen LogP contribution in [0.3, 0.4) is 0 Å². The maximum absolute atomic E-state index is 5.83. The summed E-state index contributed by atoms with van der Waals surface area (Å²) < 4.78 is 2.42. The molecule has 4 rings (SSSR count). The lowest BCUT2D eigenvalue weighted by molar-refractivity contribution is 0.314. The minimum atomic E-state index is 0.0342. The molecular weight excluding hydrogens is 414 g/mol. The molecule has 0 saturated carbocycles. The summed E-state index contributed by atoms with van der Waals surface area (Å²) in [5, 5.41) is 7.90. The molecule has 3 heterocycles. The Morgan fingerprint density at radius 3 is 2.50 bits per heavy atom. The standard InChI is InChI=1S/C26H33N5S/c1-18(2)31-19(3)17-22(20(31)4)25-24(23-13-8-9-14-28-23)29-26(32)30(25)16-10-15-27-21-11-6-5-7-12-21/h5-9,11-14,17-18,24-25,27H,10,15-16H2,1-4H3,(H,29,32)/t24-,25-/m1/s1. The molecule has 0 aliphatic carbocycles. The van der Waals surface area contributed by atoms with Crippen molar-refractivity contribution in [2.24, 2.45) is 0 Å². The number of anilines is 1. The van der Waals surface area contributed by atoms with Crippen LogP contribution in [0, 0.1) is 13.8 Å². The van der Waals surface area contributed by atoms with Gasteiger partial charge in [-0.2, -0.15) is 0 Å². The van der Waals surface area contributed by atoms with Crippen LogP contribution in [0.2, 0.25) is 0 Å². The highest BCUT2D eigenvalue weighted by Crippen LogP contribution is 2.41. The number of hydrogen-bond acceptors (Lipinski definition) is 3. The van der Waals surface area contributed by atoms with Crippen molar-refractivity contribution >= 4 is 23.0 Å². The van der Waals surface area contributed by atoms with E-state index in [1.165, 1.54) is 17.0 Å². The lowest BCUT2D eigenvalue weighted by atomic mass is 9.96. The fourth-order valence-corrected chi connectivity index (χ4v) is 5.25. The summed E-state index contributed by atoms with van der Waals surface area (Å²) in [6.07, 6.45) is 2.85. The van der Waals surface area contributed by atoms with Gasteiger partial charge in [-0.05, 0) is 82.2 Å². The Hall–Kier alpha value is -2.86. The third-order valence-electron chi connectivity index (χ3n) is 6.24. The van der Waals surface area contributed by atoms with Crippen LogP contribution in [0.25, 0.3) is 0 Å². The number of nitrogens with one attached hydrogen (secondary N) is 2. The highest BCUT2D eigenvalue weighted by Gasteiger charge is 2.41. The molecule has 168 valence electrons. The molecule has 0 unspecified atom stereocenters. The van der Waals surface area contributed by atoms with E-state index in [1.54, 1.807) is 0 Å². The Morgan fingerprint density at radius 2 is 1.84 bits per heavy atom. The van der Waals surface area contributed by atoms with Crippen molar-refractivity contribution < 1.29 is 0 Å². The zero-order chi connectivity index (χ0) is 22.7. The number of para-hydroxylation sites is 1. The normalized spacial score (nSPS) is 18.3. The minimum absolute atomic E-state index is 0.0342. The second-order valence-corrected chi connectivity index (χ2v) is 9.14. The summed E-state index contributed by atoms with van der Waals surface area (Å²) in [7, 11) is 0. The average Bonchev–Trinajstić information content (AvgIpc) is 3.27. The fraction of sp³-hybridized carbons (Fsp3) is 0.385. The van der Waals surface area contributed by atoms with Gasteiger partial charge in [0.05, 0.1) is 17.8 Å². The van der Waals surface area contributed by atoms with Crippen molar-refractivity contribution in [2.75, 3.05) is 18.4 Å². The van der Waals surface area contributed by atoms with Gasteiger partial charge in [0.1, 0.15) is 0 Å². The third-order valence-corrected chi connectivity index (χ3v) is 6.59. The highest BCUT2D eigenvalue weighted by molar-refractivity contribution is 7.80. The molecule has 0 bridgehead atoms. The van der Waals surface area contributed by atoms with Gasteiger partial charge in [-0.3, -0.25) is 4.98 Å². The van der Waals surface area contributed by atoms with Crippen molar-refractivity contribution in [3.05, 3.63) is 83.4 Å². The Morgan fingerprint density at radius 1 is 1.09 bits per heavy atom. The third kappa shape index (κ3) is 4.51. The minimum Gasteiger partial charge on any atom is -0.385 e. The fourth-order valence-electron chi connectivity index (χ4n) is 4.92. The first kappa shape index (κ1) is 22.3. The van der Waals surface area contributed by atoms with Crippen LogP contribution in [0.4, 0.5) is 5.69 Å². The van der Waals surface area contributed by atoms with E-state index in [4.69, 9.17) is 12.2 Å². The summed E-state index contributed by atoms with van der Waals surface area (Å²) in [5.41, 5.74) is 6.10. The number of nitrogens with zero attached hydrogens (tertiary/aromatic N) is 3. The number of hydrogen-bond donors (Lipinski definition) is 2. The molecule has 2 aromatic heterocycles. The van der Waals surface area contributed by atoms with Gasteiger partial charge in [-0.1, -0.05) is 24.3 Å². The summed E-state index contributed by atoms with van der Waals surface area (Å²) in [6, 6.07) is 19.4. The molecule has 1 fully saturated rings. The second-order valence-electron chi connectivity index (χ2n) is 8.76. The van der Waals surface area contributed by atoms with Crippen molar-refractivity contribution in [3.8, 4) is 0 Å². The van der Waals surface area contributed by atoms with Crippen LogP contribution in [-0.2, 0) is 0 Å². The van der Waals surface area contributed by atoms with Crippen LogP contribution in [0.5, 0.6) is 0 Å². The average molecular weight is 448 g/mol. The topological polar surface area (TPSA) is 45.1 Å². The van der Waals surface area contributed by atoms with Crippen LogP contribution in [0.15, 0.2) is 60.8 Å². The van der Waals surface area contributed by atoms with Crippen LogP contribution < -0.4 is 10.6 Å². The van der Waals surface area contributed by atoms with Gasteiger partial charge in [-0.25, -0.2) is 0 Å². The van der Waals surface area contributed by atoms with Gasteiger partial charge in [-0.15, -0.1) is 0 Å². The number of aromatic nitrogens is 2. The molecule has 0 radical (unpaired) electrons. The zero-order valence-electron chi connectivity index (χ0n) is 19.4. The van der Waals surface area contributed by atoms with E-state index in [0.29, 0.717) is 6.04 Å². The Balaban J connectivity index is 1.59. The molecule has 0 spiro atoms. The maximum atomic E-state index is 5.83. The van der Waals surface area contributed by atoms with Gasteiger partial charge >= 0.3 is 0 Å². The Bertz CT molecular complexity index is 1040. The predicted octanol–water partition coefficient (Wildman–Crippen LogP) is 5.56.